The van der Waals surface area contributed by atoms with Gasteiger partial charge in [0.05, 0.1) is 22.4 Å². The first-order valence-electron chi connectivity index (χ1n) is 6.40. The maximum atomic E-state index is 13.5. The van der Waals surface area contributed by atoms with Crippen LogP contribution in [0.1, 0.15) is 42.8 Å². The molecular weight excluding hydrogens is 323 g/mol. The van der Waals surface area contributed by atoms with Gasteiger partial charge in [-0.25, -0.2) is 9.82 Å². The van der Waals surface area contributed by atoms with E-state index in [9.17, 15) is 4.39 Å². The highest BCUT2D eigenvalue weighted by Crippen LogP contribution is 2.31. The van der Waals surface area contributed by atoms with Gasteiger partial charge in [0.15, 0.2) is 0 Å². The zero-order valence-electron chi connectivity index (χ0n) is 11.7. The topological polar surface area (TPSA) is 55.9 Å². The third-order valence-corrected chi connectivity index (χ3v) is 3.88. The fourth-order valence-corrected chi connectivity index (χ4v) is 2.77. The van der Waals surface area contributed by atoms with Crippen molar-refractivity contribution in [3.05, 3.63) is 51.5 Å². The maximum absolute atomic E-state index is 13.5. The van der Waals surface area contributed by atoms with Crippen LogP contribution in [0.4, 0.5) is 4.39 Å². The molecule has 1 heterocycles. The van der Waals surface area contributed by atoms with E-state index in [2.05, 4.69) is 26.5 Å². The lowest BCUT2D eigenvalue weighted by Crippen LogP contribution is -2.32. The van der Waals surface area contributed by atoms with Crippen molar-refractivity contribution in [2.75, 3.05) is 0 Å². The Balaban J connectivity index is 2.58. The molecular formula is C14H18BrFN4. The molecule has 1 aromatic carbocycles. The Labute approximate surface area is 126 Å². The molecule has 108 valence electrons. The quantitative estimate of drug-likeness (QED) is 0.663. The molecule has 1 atom stereocenters. The van der Waals surface area contributed by atoms with E-state index in [4.69, 9.17) is 5.84 Å². The van der Waals surface area contributed by atoms with Crippen molar-refractivity contribution in [3.8, 4) is 0 Å². The van der Waals surface area contributed by atoms with E-state index >= 15 is 0 Å². The van der Waals surface area contributed by atoms with Crippen LogP contribution in [0.3, 0.4) is 0 Å². The largest absolute Gasteiger partial charge is 0.271 e. The molecule has 6 heteroatoms. The molecule has 0 aliphatic rings. The van der Waals surface area contributed by atoms with Gasteiger partial charge >= 0.3 is 0 Å². The molecule has 1 unspecified atom stereocenters. The van der Waals surface area contributed by atoms with E-state index in [1.54, 1.807) is 12.3 Å². The Bertz CT molecular complexity index is 609. The normalized spacial score (nSPS) is 12.9. The van der Waals surface area contributed by atoms with Crippen LogP contribution in [0.15, 0.2) is 28.9 Å². The van der Waals surface area contributed by atoms with Gasteiger partial charge < -0.3 is 0 Å². The Kier molecular flexibility index (Phi) is 4.57. The average Bonchev–Trinajstić information content (AvgIpc) is 2.77. The van der Waals surface area contributed by atoms with Crippen molar-refractivity contribution >= 4 is 15.9 Å². The number of hydrogen-bond donors (Lipinski definition) is 2. The van der Waals surface area contributed by atoms with Crippen LogP contribution in [0, 0.1) is 12.7 Å². The first kappa shape index (κ1) is 15.2. The third-order valence-electron chi connectivity index (χ3n) is 3.27. The second-order valence-electron chi connectivity index (χ2n) is 5.02. The summed E-state index contributed by atoms with van der Waals surface area (Å²) in [7, 11) is 0. The molecule has 3 N–H and O–H groups in total. The molecule has 0 bridgehead atoms. The highest BCUT2D eigenvalue weighted by Gasteiger charge is 2.23. The molecule has 2 aromatic rings. The summed E-state index contributed by atoms with van der Waals surface area (Å²) in [4.78, 5) is 0. The van der Waals surface area contributed by atoms with E-state index in [-0.39, 0.29) is 17.9 Å². The fraction of sp³-hybridized carbons (Fsp3) is 0.357. The fourth-order valence-electron chi connectivity index (χ4n) is 2.27. The predicted molar refractivity (Wildman–Crippen MR) is 80.6 cm³/mol. The van der Waals surface area contributed by atoms with Gasteiger partial charge in [-0.3, -0.25) is 10.5 Å². The summed E-state index contributed by atoms with van der Waals surface area (Å²) >= 11 is 3.49. The van der Waals surface area contributed by atoms with Crippen LogP contribution in [-0.2, 0) is 0 Å². The zero-order chi connectivity index (χ0) is 14.9. The molecule has 0 saturated carbocycles. The van der Waals surface area contributed by atoms with E-state index in [1.165, 1.54) is 12.1 Å². The highest BCUT2D eigenvalue weighted by molar-refractivity contribution is 9.10. The van der Waals surface area contributed by atoms with Crippen LogP contribution in [-0.4, -0.2) is 9.78 Å². The Morgan fingerprint density at radius 2 is 2.10 bits per heavy atom. The molecule has 0 fully saturated rings. The lowest BCUT2D eigenvalue weighted by molar-refractivity contribution is 0.473. The van der Waals surface area contributed by atoms with E-state index in [0.29, 0.717) is 0 Å². The number of nitrogens with one attached hydrogen (secondary N) is 1. The number of nitrogens with zero attached hydrogens (tertiary/aromatic N) is 2. The van der Waals surface area contributed by atoms with Crippen molar-refractivity contribution in [2.24, 2.45) is 5.84 Å². The maximum Gasteiger partial charge on any atom is 0.123 e. The molecule has 0 spiro atoms. The van der Waals surface area contributed by atoms with Crippen LogP contribution in [0.25, 0.3) is 0 Å². The van der Waals surface area contributed by atoms with Gasteiger partial charge in [-0.15, -0.1) is 0 Å². The number of rotatable bonds is 4. The second-order valence-corrected chi connectivity index (χ2v) is 5.87. The van der Waals surface area contributed by atoms with Crippen molar-refractivity contribution in [2.45, 2.75) is 32.9 Å². The van der Waals surface area contributed by atoms with E-state index in [0.717, 1.165) is 21.3 Å². The van der Waals surface area contributed by atoms with E-state index < -0.39 is 0 Å². The van der Waals surface area contributed by atoms with Gasteiger partial charge in [0.2, 0.25) is 0 Å². The smallest absolute Gasteiger partial charge is 0.123 e. The molecule has 1 aromatic heterocycles. The van der Waals surface area contributed by atoms with Crippen LogP contribution in [0.5, 0.6) is 0 Å². The summed E-state index contributed by atoms with van der Waals surface area (Å²) in [5.74, 6) is 5.44. The van der Waals surface area contributed by atoms with Crippen molar-refractivity contribution in [1.29, 1.82) is 0 Å². The molecule has 20 heavy (non-hydrogen) atoms. The summed E-state index contributed by atoms with van der Waals surface area (Å²) in [5.41, 5.74) is 5.42. The zero-order valence-corrected chi connectivity index (χ0v) is 13.3. The minimum atomic E-state index is -0.329. The highest BCUT2D eigenvalue weighted by atomic mass is 79.9. The summed E-state index contributed by atoms with van der Waals surface area (Å²) in [6.07, 6.45) is 1.73. The lowest BCUT2D eigenvalue weighted by atomic mass is 9.98. The van der Waals surface area contributed by atoms with Crippen molar-refractivity contribution in [1.82, 2.24) is 15.2 Å². The molecule has 0 radical (unpaired) electrons. The van der Waals surface area contributed by atoms with Crippen LogP contribution < -0.4 is 11.3 Å². The lowest BCUT2D eigenvalue weighted by Gasteiger charge is -2.22. The van der Waals surface area contributed by atoms with Gasteiger partial charge in [-0.2, -0.15) is 5.10 Å². The Morgan fingerprint density at radius 3 is 2.70 bits per heavy atom. The minimum Gasteiger partial charge on any atom is -0.271 e. The van der Waals surface area contributed by atoms with Crippen molar-refractivity contribution in [3.63, 3.8) is 0 Å². The molecule has 0 aliphatic carbocycles. The third kappa shape index (κ3) is 2.77. The molecule has 2 rings (SSSR count). The van der Waals surface area contributed by atoms with Gasteiger partial charge in [0, 0.05) is 6.04 Å². The SMILES string of the molecule is Cc1ccc(F)cc1C(NN)c1c(Br)cnn1C(C)C. The first-order valence-corrected chi connectivity index (χ1v) is 7.20. The van der Waals surface area contributed by atoms with Crippen molar-refractivity contribution < 1.29 is 4.39 Å². The number of hydrazine groups is 1. The molecule has 0 aliphatic heterocycles. The Morgan fingerprint density at radius 1 is 1.40 bits per heavy atom. The van der Waals surface area contributed by atoms with Crippen LogP contribution in [0.2, 0.25) is 0 Å². The number of benzene rings is 1. The van der Waals surface area contributed by atoms with Gasteiger partial charge in [0.25, 0.3) is 0 Å². The summed E-state index contributed by atoms with van der Waals surface area (Å²) in [6, 6.07) is 4.55. The number of hydrogen-bond acceptors (Lipinski definition) is 3. The second kappa shape index (κ2) is 6.03. The standard InChI is InChI=1S/C14H18BrFN4/c1-8(2)20-14(12(15)7-18-20)13(19-17)11-6-10(16)5-4-9(11)3/h4-8,13,19H,17H2,1-3H3. The van der Waals surface area contributed by atoms with Gasteiger partial charge in [0.1, 0.15) is 5.82 Å². The van der Waals surface area contributed by atoms with Crippen LogP contribution >= 0.6 is 15.9 Å². The van der Waals surface area contributed by atoms with E-state index in [1.807, 2.05) is 25.5 Å². The molecule has 0 amide bonds. The summed E-state index contributed by atoms with van der Waals surface area (Å²) in [6.45, 7) is 6.01. The average molecular weight is 341 g/mol. The monoisotopic (exact) mass is 340 g/mol. The minimum absolute atomic E-state index is 0.181. The summed E-state index contributed by atoms with van der Waals surface area (Å²) in [5, 5.41) is 4.34. The molecule has 0 saturated heterocycles. The van der Waals surface area contributed by atoms with Gasteiger partial charge in [-0.1, -0.05) is 6.07 Å². The predicted octanol–water partition coefficient (Wildman–Crippen LogP) is 3.23. The summed E-state index contributed by atoms with van der Waals surface area (Å²) < 4.78 is 16.3. The molecule has 4 nitrogen and oxygen atoms in total. The Hall–Kier alpha value is -1.24. The first-order chi connectivity index (χ1) is 9.45. The van der Waals surface area contributed by atoms with Gasteiger partial charge in [-0.05, 0) is 60.0 Å². The number of halogens is 2. The number of aryl methyl sites for hydroxylation is 1. The number of aromatic nitrogens is 2. The number of nitrogens with two attached hydrogens (primary N) is 1.